The molecule has 1 aliphatic rings. The zero-order valence-electron chi connectivity index (χ0n) is 16.6. The maximum absolute atomic E-state index is 12.6. The molecule has 1 aliphatic heterocycles. The van der Waals surface area contributed by atoms with E-state index in [2.05, 4.69) is 21.2 Å². The minimum atomic E-state index is -0.365. The highest BCUT2D eigenvalue weighted by atomic mass is 79.9. The molecule has 0 aromatic heterocycles. The largest absolute Gasteiger partial charge is 0.493 e. The van der Waals surface area contributed by atoms with Gasteiger partial charge in [0.25, 0.3) is 0 Å². The van der Waals surface area contributed by atoms with Crippen molar-refractivity contribution in [1.29, 1.82) is 0 Å². The Hall–Kier alpha value is -2.54. The fourth-order valence-corrected chi connectivity index (χ4v) is 3.65. The summed E-state index contributed by atoms with van der Waals surface area (Å²) in [6.45, 7) is 3.41. The molecule has 0 bridgehead atoms. The van der Waals surface area contributed by atoms with Gasteiger partial charge in [0, 0.05) is 29.7 Å². The van der Waals surface area contributed by atoms with Gasteiger partial charge in [-0.05, 0) is 42.3 Å². The van der Waals surface area contributed by atoms with Crippen molar-refractivity contribution in [2.24, 2.45) is 5.92 Å². The molecule has 1 saturated heterocycles. The molecule has 154 valence electrons. The number of rotatable bonds is 8. The van der Waals surface area contributed by atoms with Gasteiger partial charge in [0.2, 0.25) is 11.8 Å². The number of halogens is 1. The van der Waals surface area contributed by atoms with Crippen molar-refractivity contribution in [2.75, 3.05) is 25.2 Å². The van der Waals surface area contributed by atoms with E-state index in [0.717, 1.165) is 22.1 Å². The molecule has 1 heterocycles. The molecule has 0 saturated carbocycles. The summed E-state index contributed by atoms with van der Waals surface area (Å²) >= 11 is 3.42. The SMILES string of the molecule is CCCOc1ccc(CNC(=O)C2CC(=O)N(c3cccc(Br)c3)C2)cc1OC. The molecule has 2 amide bonds. The zero-order valence-corrected chi connectivity index (χ0v) is 18.2. The van der Waals surface area contributed by atoms with E-state index in [-0.39, 0.29) is 24.2 Å². The molecule has 3 rings (SSSR count). The van der Waals surface area contributed by atoms with E-state index >= 15 is 0 Å². The van der Waals surface area contributed by atoms with E-state index in [1.165, 1.54) is 0 Å². The van der Waals surface area contributed by atoms with Crippen LogP contribution in [-0.2, 0) is 16.1 Å². The molecule has 1 N–H and O–H groups in total. The lowest BCUT2D eigenvalue weighted by Crippen LogP contribution is -2.32. The van der Waals surface area contributed by atoms with Crippen LogP contribution in [0, 0.1) is 5.92 Å². The van der Waals surface area contributed by atoms with Crippen LogP contribution < -0.4 is 19.7 Å². The molecule has 0 aliphatic carbocycles. The van der Waals surface area contributed by atoms with Crippen molar-refractivity contribution in [3.8, 4) is 11.5 Å². The van der Waals surface area contributed by atoms with Gasteiger partial charge in [-0.3, -0.25) is 9.59 Å². The smallest absolute Gasteiger partial charge is 0.227 e. The first-order valence-corrected chi connectivity index (χ1v) is 10.4. The number of carbonyl (C=O) groups is 2. The monoisotopic (exact) mass is 460 g/mol. The van der Waals surface area contributed by atoms with Crippen LogP contribution in [0.25, 0.3) is 0 Å². The van der Waals surface area contributed by atoms with Crippen molar-refractivity contribution in [1.82, 2.24) is 5.32 Å². The van der Waals surface area contributed by atoms with Gasteiger partial charge in [-0.1, -0.05) is 35.0 Å². The summed E-state index contributed by atoms with van der Waals surface area (Å²) in [6.07, 6.45) is 1.13. The summed E-state index contributed by atoms with van der Waals surface area (Å²) in [4.78, 5) is 26.7. The minimum Gasteiger partial charge on any atom is -0.493 e. The van der Waals surface area contributed by atoms with Gasteiger partial charge >= 0.3 is 0 Å². The Morgan fingerprint density at radius 1 is 1.24 bits per heavy atom. The summed E-state index contributed by atoms with van der Waals surface area (Å²) < 4.78 is 11.9. The average Bonchev–Trinajstić information content (AvgIpc) is 3.12. The molecule has 1 fully saturated rings. The Morgan fingerprint density at radius 2 is 2.07 bits per heavy atom. The molecule has 1 unspecified atom stereocenters. The number of ether oxygens (including phenoxy) is 2. The highest BCUT2D eigenvalue weighted by Crippen LogP contribution is 2.29. The second kappa shape index (κ2) is 9.78. The van der Waals surface area contributed by atoms with Gasteiger partial charge in [0.15, 0.2) is 11.5 Å². The highest BCUT2D eigenvalue weighted by molar-refractivity contribution is 9.10. The molecular weight excluding hydrogens is 436 g/mol. The maximum Gasteiger partial charge on any atom is 0.227 e. The molecule has 2 aromatic carbocycles. The summed E-state index contributed by atoms with van der Waals surface area (Å²) in [5.41, 5.74) is 1.71. The quantitative estimate of drug-likeness (QED) is 0.648. The topological polar surface area (TPSA) is 67.9 Å². The molecule has 7 heteroatoms. The molecule has 2 aromatic rings. The lowest BCUT2D eigenvalue weighted by molar-refractivity contribution is -0.126. The first kappa shape index (κ1) is 21.2. The second-order valence-corrected chi connectivity index (χ2v) is 7.85. The number of hydrogen-bond donors (Lipinski definition) is 1. The fraction of sp³-hybridized carbons (Fsp3) is 0.364. The van der Waals surface area contributed by atoms with Crippen LogP contribution in [0.4, 0.5) is 5.69 Å². The number of amides is 2. The van der Waals surface area contributed by atoms with Gasteiger partial charge in [-0.25, -0.2) is 0 Å². The van der Waals surface area contributed by atoms with Gasteiger partial charge in [-0.15, -0.1) is 0 Å². The van der Waals surface area contributed by atoms with Crippen LogP contribution in [0.15, 0.2) is 46.9 Å². The van der Waals surface area contributed by atoms with Crippen molar-refractivity contribution in [3.05, 3.63) is 52.5 Å². The Morgan fingerprint density at radius 3 is 2.79 bits per heavy atom. The molecular formula is C22H25BrN2O4. The molecule has 29 heavy (non-hydrogen) atoms. The number of carbonyl (C=O) groups excluding carboxylic acids is 2. The summed E-state index contributed by atoms with van der Waals surface area (Å²) in [5, 5.41) is 2.94. The predicted octanol–water partition coefficient (Wildman–Crippen LogP) is 3.92. The molecule has 6 nitrogen and oxygen atoms in total. The van der Waals surface area contributed by atoms with Gasteiger partial charge < -0.3 is 19.7 Å². The van der Waals surface area contributed by atoms with Crippen LogP contribution in [0.1, 0.15) is 25.3 Å². The van der Waals surface area contributed by atoms with E-state index in [0.29, 0.717) is 31.2 Å². The maximum atomic E-state index is 12.6. The van der Waals surface area contributed by atoms with E-state index < -0.39 is 0 Å². The Bertz CT molecular complexity index is 887. The Kier molecular flexibility index (Phi) is 7.14. The van der Waals surface area contributed by atoms with E-state index in [9.17, 15) is 9.59 Å². The number of benzene rings is 2. The van der Waals surface area contributed by atoms with Crippen LogP contribution >= 0.6 is 15.9 Å². The third kappa shape index (κ3) is 5.29. The number of methoxy groups -OCH3 is 1. The van der Waals surface area contributed by atoms with Gasteiger partial charge in [0.05, 0.1) is 19.6 Å². The Balaban J connectivity index is 1.59. The van der Waals surface area contributed by atoms with Crippen LogP contribution in [0.5, 0.6) is 11.5 Å². The first-order valence-electron chi connectivity index (χ1n) is 9.65. The summed E-state index contributed by atoms with van der Waals surface area (Å²) in [5.74, 6) is 0.802. The van der Waals surface area contributed by atoms with Crippen molar-refractivity contribution >= 4 is 33.4 Å². The zero-order chi connectivity index (χ0) is 20.8. The summed E-state index contributed by atoms with van der Waals surface area (Å²) in [6, 6.07) is 13.1. The number of nitrogens with one attached hydrogen (secondary N) is 1. The molecule has 0 spiro atoms. The van der Waals surface area contributed by atoms with Gasteiger partial charge in [-0.2, -0.15) is 0 Å². The predicted molar refractivity (Wildman–Crippen MR) is 115 cm³/mol. The Labute approximate surface area is 179 Å². The van der Waals surface area contributed by atoms with Crippen LogP contribution in [0.3, 0.4) is 0 Å². The van der Waals surface area contributed by atoms with E-state index in [4.69, 9.17) is 9.47 Å². The standard InChI is InChI=1S/C22H25BrN2O4/c1-3-9-29-19-8-7-15(10-20(19)28-2)13-24-22(27)16-11-21(26)25(14-16)18-6-4-5-17(23)12-18/h4-8,10,12,16H,3,9,11,13-14H2,1-2H3,(H,24,27). The third-order valence-electron chi connectivity index (χ3n) is 4.77. The van der Waals surface area contributed by atoms with E-state index in [1.807, 2.05) is 49.4 Å². The number of anilines is 1. The van der Waals surface area contributed by atoms with Crippen LogP contribution in [-0.4, -0.2) is 32.1 Å². The highest BCUT2D eigenvalue weighted by Gasteiger charge is 2.35. The normalized spacial score (nSPS) is 16.0. The van der Waals surface area contributed by atoms with Gasteiger partial charge in [0.1, 0.15) is 0 Å². The third-order valence-corrected chi connectivity index (χ3v) is 5.27. The van der Waals surface area contributed by atoms with Crippen molar-refractivity contribution in [3.63, 3.8) is 0 Å². The molecule has 1 atom stereocenters. The molecule has 0 radical (unpaired) electrons. The van der Waals surface area contributed by atoms with E-state index in [1.54, 1.807) is 12.0 Å². The van der Waals surface area contributed by atoms with Crippen LogP contribution in [0.2, 0.25) is 0 Å². The fourth-order valence-electron chi connectivity index (χ4n) is 3.26. The average molecular weight is 461 g/mol. The summed E-state index contributed by atoms with van der Waals surface area (Å²) in [7, 11) is 1.59. The lowest BCUT2D eigenvalue weighted by Gasteiger charge is -2.17. The minimum absolute atomic E-state index is 0.0395. The van der Waals surface area contributed by atoms with Crippen molar-refractivity contribution < 1.29 is 19.1 Å². The first-order chi connectivity index (χ1) is 14.0. The second-order valence-electron chi connectivity index (χ2n) is 6.94. The number of hydrogen-bond acceptors (Lipinski definition) is 4. The lowest BCUT2D eigenvalue weighted by atomic mass is 10.1. The van der Waals surface area contributed by atoms with Crippen molar-refractivity contribution in [2.45, 2.75) is 26.3 Å². The number of nitrogens with zero attached hydrogens (tertiary/aromatic N) is 1.